The lowest BCUT2D eigenvalue weighted by molar-refractivity contribution is 0.536. The topological polar surface area (TPSA) is 75.0 Å². The average Bonchev–Trinajstić information content (AvgIpc) is 2.64. The molecule has 0 N–H and O–H groups in total. The predicted octanol–water partition coefficient (Wildman–Crippen LogP) is 3.87. The molecule has 0 amide bonds. The monoisotopic (exact) mass is 465 g/mol. The summed E-state index contributed by atoms with van der Waals surface area (Å²) in [6, 6.07) is 14.1. The van der Waals surface area contributed by atoms with Crippen LogP contribution in [0.15, 0.2) is 59.5 Å². The molecule has 1 unspecified atom stereocenters. The molecule has 8 heteroatoms. The lowest BCUT2D eigenvalue weighted by Crippen LogP contribution is -2.25. The average molecular weight is 467 g/mol. The normalized spacial score (nSPS) is 12.1. The molecule has 3 rings (SSSR count). The van der Waals surface area contributed by atoms with Gasteiger partial charge < -0.3 is 4.55 Å². The Balaban J connectivity index is 2.07. The number of rotatable bonds is 6. The summed E-state index contributed by atoms with van der Waals surface area (Å²) in [7, 11) is 0. The number of aromatic nitrogens is 2. The molecule has 1 atom stereocenters. The van der Waals surface area contributed by atoms with E-state index in [0.717, 1.165) is 11.1 Å². The molecular formula is C19H15BrClN2O3S-. The maximum atomic E-state index is 13.0. The first-order valence-electron chi connectivity index (χ1n) is 8.08. The molecule has 0 spiro atoms. The van der Waals surface area contributed by atoms with Gasteiger partial charge in [0.05, 0.1) is 11.9 Å². The second-order valence-corrected chi connectivity index (χ2v) is 7.94. The zero-order valence-electron chi connectivity index (χ0n) is 14.1. The Labute approximate surface area is 172 Å². The van der Waals surface area contributed by atoms with E-state index in [1.807, 2.05) is 0 Å². The van der Waals surface area contributed by atoms with Crippen LogP contribution in [0.5, 0.6) is 0 Å². The third-order valence-corrected chi connectivity index (χ3v) is 5.23. The maximum Gasteiger partial charge on any atom is 0.275 e. The number of halogens is 2. The highest BCUT2D eigenvalue weighted by Crippen LogP contribution is 2.23. The molecule has 0 aliphatic heterocycles. The summed E-state index contributed by atoms with van der Waals surface area (Å²) in [5, 5.41) is 5.46. The van der Waals surface area contributed by atoms with E-state index in [1.165, 1.54) is 4.68 Å². The van der Waals surface area contributed by atoms with Crippen LogP contribution in [-0.4, -0.2) is 23.9 Å². The Hall–Kier alpha value is -1.80. The van der Waals surface area contributed by atoms with Crippen LogP contribution in [0, 0.1) is 0 Å². The van der Waals surface area contributed by atoms with Crippen molar-refractivity contribution in [2.75, 3.05) is 5.33 Å². The molecule has 2 aromatic carbocycles. The molecule has 1 aromatic heterocycles. The Bertz CT molecular complexity index is 1040. The van der Waals surface area contributed by atoms with Crippen LogP contribution >= 0.6 is 27.5 Å². The number of nitrogens with zero attached hydrogens (tertiary/aromatic N) is 2. The summed E-state index contributed by atoms with van der Waals surface area (Å²) >= 11 is 7.29. The van der Waals surface area contributed by atoms with Crippen molar-refractivity contribution >= 4 is 38.6 Å². The molecule has 0 saturated carbocycles. The number of alkyl halides is 1. The van der Waals surface area contributed by atoms with Crippen LogP contribution in [0.2, 0.25) is 5.02 Å². The largest absolute Gasteiger partial charge is 0.772 e. The van der Waals surface area contributed by atoms with Gasteiger partial charge in [0.1, 0.15) is 0 Å². The fraction of sp³-hybridized carbons (Fsp3) is 0.158. The smallest absolute Gasteiger partial charge is 0.275 e. The third-order valence-electron chi connectivity index (χ3n) is 4.02. The van der Waals surface area contributed by atoms with Crippen molar-refractivity contribution in [3.05, 3.63) is 81.2 Å². The first kappa shape index (κ1) is 19.9. The number of hydrogen-bond acceptors (Lipinski definition) is 4. The Morgan fingerprint density at radius 3 is 2.56 bits per heavy atom. The van der Waals surface area contributed by atoms with Crippen molar-refractivity contribution in [2.24, 2.45) is 0 Å². The maximum absolute atomic E-state index is 13.0. The van der Waals surface area contributed by atoms with Gasteiger partial charge >= 0.3 is 0 Å². The minimum absolute atomic E-state index is 0.0385. The minimum Gasteiger partial charge on any atom is -0.772 e. The fourth-order valence-electron chi connectivity index (χ4n) is 2.78. The second kappa shape index (κ2) is 8.93. The molecule has 3 aromatic rings. The molecule has 0 aliphatic carbocycles. The van der Waals surface area contributed by atoms with Crippen LogP contribution < -0.4 is 5.56 Å². The molecule has 0 saturated heterocycles. The van der Waals surface area contributed by atoms with E-state index in [4.69, 9.17) is 11.6 Å². The van der Waals surface area contributed by atoms with Crippen molar-refractivity contribution in [3.63, 3.8) is 0 Å². The van der Waals surface area contributed by atoms with E-state index in [1.54, 1.807) is 54.7 Å². The quantitative estimate of drug-likeness (QED) is 0.408. The van der Waals surface area contributed by atoms with Gasteiger partial charge in [0.25, 0.3) is 5.56 Å². The number of hydrogen-bond donors (Lipinski definition) is 0. The summed E-state index contributed by atoms with van der Waals surface area (Å²) in [6.07, 6.45) is 2.19. The van der Waals surface area contributed by atoms with Gasteiger partial charge in [-0.05, 0) is 35.7 Å². The summed E-state index contributed by atoms with van der Waals surface area (Å²) < 4.78 is 23.0. The molecule has 27 heavy (non-hydrogen) atoms. The standard InChI is InChI=1S/C19H16BrClN2O3S/c20-9-8-17-18(14-6-4-13(5-7-14)12-27(25)26)11-22-23(19(17)24)16-3-1-2-15(21)10-16/h1-7,10-11H,8-9,12H2,(H,25,26)/p-1. The second-order valence-electron chi connectivity index (χ2n) is 5.82. The van der Waals surface area contributed by atoms with Crippen LogP contribution in [0.4, 0.5) is 0 Å². The highest BCUT2D eigenvalue weighted by Gasteiger charge is 2.14. The van der Waals surface area contributed by atoms with Gasteiger partial charge in [-0.1, -0.05) is 68.9 Å². The van der Waals surface area contributed by atoms with Gasteiger partial charge in [-0.25, -0.2) is 0 Å². The summed E-state index contributed by atoms with van der Waals surface area (Å²) in [6.45, 7) is 0. The molecule has 0 bridgehead atoms. The molecule has 0 fully saturated rings. The van der Waals surface area contributed by atoms with Gasteiger partial charge in [-0.15, -0.1) is 0 Å². The van der Waals surface area contributed by atoms with Crippen molar-refractivity contribution in [1.29, 1.82) is 0 Å². The lowest BCUT2D eigenvalue weighted by atomic mass is 10.0. The van der Waals surface area contributed by atoms with Crippen molar-refractivity contribution in [1.82, 2.24) is 9.78 Å². The van der Waals surface area contributed by atoms with E-state index in [9.17, 15) is 13.6 Å². The zero-order chi connectivity index (χ0) is 19.4. The van der Waals surface area contributed by atoms with Crippen molar-refractivity contribution < 1.29 is 8.76 Å². The van der Waals surface area contributed by atoms with Crippen LogP contribution in [0.3, 0.4) is 0 Å². The first-order valence-corrected chi connectivity index (χ1v) is 10.8. The third kappa shape index (κ3) is 4.73. The molecule has 5 nitrogen and oxygen atoms in total. The van der Waals surface area contributed by atoms with Gasteiger partial charge in [-0.2, -0.15) is 9.78 Å². The molecule has 0 aliphatic rings. The highest BCUT2D eigenvalue weighted by atomic mass is 79.9. The van der Waals surface area contributed by atoms with Gasteiger partial charge in [-0.3, -0.25) is 9.00 Å². The Kier molecular flexibility index (Phi) is 6.59. The van der Waals surface area contributed by atoms with Crippen LogP contribution in [-0.2, 0) is 23.3 Å². The Morgan fingerprint density at radius 2 is 1.93 bits per heavy atom. The minimum atomic E-state index is -2.14. The van der Waals surface area contributed by atoms with E-state index < -0.39 is 11.1 Å². The van der Waals surface area contributed by atoms with Gasteiger partial charge in [0.2, 0.25) is 0 Å². The first-order chi connectivity index (χ1) is 13.0. The van der Waals surface area contributed by atoms with Crippen molar-refractivity contribution in [3.8, 4) is 16.8 Å². The van der Waals surface area contributed by atoms with Crippen LogP contribution in [0.1, 0.15) is 11.1 Å². The SMILES string of the molecule is O=c1c(CCBr)c(-c2ccc(CS(=O)[O-])cc2)cnn1-c1cccc(Cl)c1. The fourth-order valence-corrected chi connectivity index (χ4v) is 3.83. The lowest BCUT2D eigenvalue weighted by Gasteiger charge is -2.12. The van der Waals surface area contributed by atoms with Crippen molar-refractivity contribution in [2.45, 2.75) is 12.2 Å². The highest BCUT2D eigenvalue weighted by molar-refractivity contribution is 9.09. The summed E-state index contributed by atoms with van der Waals surface area (Å²) in [5.74, 6) is -0.0385. The van der Waals surface area contributed by atoms with E-state index >= 15 is 0 Å². The van der Waals surface area contributed by atoms with Crippen LogP contribution in [0.25, 0.3) is 16.8 Å². The van der Waals surface area contributed by atoms with E-state index in [2.05, 4.69) is 21.0 Å². The molecular weight excluding hydrogens is 452 g/mol. The molecule has 140 valence electrons. The predicted molar refractivity (Wildman–Crippen MR) is 110 cm³/mol. The van der Waals surface area contributed by atoms with E-state index in [-0.39, 0.29) is 11.3 Å². The summed E-state index contributed by atoms with van der Waals surface area (Å²) in [5.41, 5.74) is 3.25. The summed E-state index contributed by atoms with van der Waals surface area (Å²) in [4.78, 5) is 13.0. The zero-order valence-corrected chi connectivity index (χ0v) is 17.3. The Morgan fingerprint density at radius 1 is 1.19 bits per heavy atom. The number of benzene rings is 2. The molecule has 0 radical (unpaired) electrons. The van der Waals surface area contributed by atoms with Gasteiger partial charge in [0, 0.05) is 27.2 Å². The molecule has 1 heterocycles. The van der Waals surface area contributed by atoms with Gasteiger partial charge in [0.15, 0.2) is 0 Å². The van der Waals surface area contributed by atoms with E-state index in [0.29, 0.717) is 33.6 Å².